The molecule has 0 unspecified atom stereocenters. The van der Waals surface area contributed by atoms with Crippen LogP contribution in [-0.4, -0.2) is 9.55 Å². The Morgan fingerprint density at radius 1 is 1.31 bits per heavy atom. The summed E-state index contributed by atoms with van der Waals surface area (Å²) in [6.45, 7) is 9.19. The normalized spacial score (nSPS) is 24.6. The summed E-state index contributed by atoms with van der Waals surface area (Å²) in [5.74, 6) is 0. The lowest BCUT2D eigenvalue weighted by Gasteiger charge is -2.02. The van der Waals surface area contributed by atoms with E-state index in [1.54, 1.807) is 0 Å². The minimum atomic E-state index is 0.355. The van der Waals surface area contributed by atoms with Crippen LogP contribution < -0.4 is 0 Å². The molecule has 0 aliphatic heterocycles. The number of aromatic amines is 1. The molecule has 1 N–H and O–H groups in total. The van der Waals surface area contributed by atoms with Crippen LogP contribution in [0.5, 0.6) is 0 Å². The zero-order valence-corrected chi connectivity index (χ0v) is 9.40. The van der Waals surface area contributed by atoms with Gasteiger partial charge in [-0.1, -0.05) is 27.7 Å². The Balaban J connectivity index is 2.43. The predicted molar refractivity (Wildman–Crippen MR) is 56.2 cm³/mol. The second kappa shape index (κ2) is 2.27. The maximum atomic E-state index is 5.21. The first-order valence-corrected chi connectivity index (χ1v) is 5.05. The van der Waals surface area contributed by atoms with Crippen LogP contribution in [0.15, 0.2) is 12.4 Å². The van der Waals surface area contributed by atoms with Gasteiger partial charge in [0.1, 0.15) is 0 Å². The molecule has 1 saturated carbocycles. The Labute approximate surface area is 84.0 Å². The quantitative estimate of drug-likeness (QED) is 0.684. The Morgan fingerprint density at radius 2 is 1.85 bits per heavy atom. The number of nitrogens with zero attached hydrogens (tertiary/aromatic N) is 1. The highest BCUT2D eigenvalue weighted by atomic mass is 32.1. The molecule has 2 rings (SSSR count). The first-order chi connectivity index (χ1) is 5.89. The molecule has 1 aliphatic rings. The third kappa shape index (κ3) is 0.966. The van der Waals surface area contributed by atoms with Crippen molar-refractivity contribution in [3.63, 3.8) is 0 Å². The Kier molecular flexibility index (Phi) is 1.57. The van der Waals surface area contributed by atoms with Gasteiger partial charge >= 0.3 is 0 Å². The first-order valence-electron chi connectivity index (χ1n) is 4.64. The van der Waals surface area contributed by atoms with E-state index in [0.717, 1.165) is 4.77 Å². The molecule has 0 radical (unpaired) electrons. The lowest BCUT2D eigenvalue weighted by Crippen LogP contribution is -1.98. The number of hydrogen-bond acceptors (Lipinski definition) is 1. The molecular formula is C10H16N2S. The summed E-state index contributed by atoms with van der Waals surface area (Å²) in [5.41, 5.74) is 0.709. The summed E-state index contributed by atoms with van der Waals surface area (Å²) < 4.78 is 3.01. The molecule has 0 saturated heterocycles. The standard InChI is InChI=1S/C10H16N2S/c1-9(2)7(10(9,3)4)12-6-5-11-8(12)13/h5-7H,1-4H3,(H,11,13). The SMILES string of the molecule is CC1(C)C(n2cc[nH]c2=S)C1(C)C. The van der Waals surface area contributed by atoms with E-state index < -0.39 is 0 Å². The number of rotatable bonds is 1. The van der Waals surface area contributed by atoms with Crippen molar-refractivity contribution in [3.05, 3.63) is 17.2 Å². The molecule has 0 aromatic carbocycles. The van der Waals surface area contributed by atoms with Gasteiger partial charge in [0.25, 0.3) is 0 Å². The largest absolute Gasteiger partial charge is 0.337 e. The Bertz CT molecular complexity index is 370. The van der Waals surface area contributed by atoms with E-state index in [4.69, 9.17) is 12.2 Å². The van der Waals surface area contributed by atoms with Crippen LogP contribution in [0, 0.1) is 15.6 Å². The lowest BCUT2D eigenvalue weighted by atomic mass is 10.0. The Hall–Kier alpha value is -0.570. The van der Waals surface area contributed by atoms with Crippen molar-refractivity contribution in [2.24, 2.45) is 10.8 Å². The van der Waals surface area contributed by atoms with Crippen LogP contribution in [0.25, 0.3) is 0 Å². The van der Waals surface area contributed by atoms with Gasteiger partial charge in [-0.2, -0.15) is 0 Å². The van der Waals surface area contributed by atoms with E-state index in [1.807, 2.05) is 12.4 Å². The number of nitrogens with one attached hydrogen (secondary N) is 1. The number of imidazole rings is 1. The van der Waals surface area contributed by atoms with E-state index in [-0.39, 0.29) is 0 Å². The summed E-state index contributed by atoms with van der Waals surface area (Å²) in [7, 11) is 0. The van der Waals surface area contributed by atoms with Gasteiger partial charge in [0.15, 0.2) is 4.77 Å². The van der Waals surface area contributed by atoms with Crippen LogP contribution in [0.3, 0.4) is 0 Å². The van der Waals surface area contributed by atoms with E-state index in [9.17, 15) is 0 Å². The Morgan fingerprint density at radius 3 is 2.15 bits per heavy atom. The van der Waals surface area contributed by atoms with Gasteiger partial charge < -0.3 is 9.55 Å². The molecule has 1 fully saturated rings. The number of aromatic nitrogens is 2. The monoisotopic (exact) mass is 196 g/mol. The number of H-pyrrole nitrogens is 1. The summed E-state index contributed by atoms with van der Waals surface area (Å²) in [6.07, 6.45) is 3.95. The fourth-order valence-electron chi connectivity index (χ4n) is 2.39. The highest BCUT2D eigenvalue weighted by Gasteiger charge is 2.65. The van der Waals surface area contributed by atoms with Gasteiger partial charge in [-0.25, -0.2) is 0 Å². The van der Waals surface area contributed by atoms with E-state index in [0.29, 0.717) is 16.9 Å². The molecule has 1 aromatic heterocycles. The average Bonchev–Trinajstić information content (AvgIpc) is 2.33. The average molecular weight is 196 g/mol. The van der Waals surface area contributed by atoms with E-state index in [1.165, 1.54) is 0 Å². The topological polar surface area (TPSA) is 20.7 Å². The number of hydrogen-bond donors (Lipinski definition) is 1. The molecule has 3 heteroatoms. The summed E-state index contributed by atoms with van der Waals surface area (Å²) in [6, 6.07) is 0.541. The van der Waals surface area contributed by atoms with Gasteiger partial charge in [0, 0.05) is 18.4 Å². The van der Waals surface area contributed by atoms with Gasteiger partial charge in [0.2, 0.25) is 0 Å². The second-order valence-electron chi connectivity index (χ2n) is 5.02. The van der Waals surface area contributed by atoms with Crippen LogP contribution >= 0.6 is 12.2 Å². The van der Waals surface area contributed by atoms with Crippen molar-refractivity contribution >= 4 is 12.2 Å². The molecule has 1 aliphatic carbocycles. The van der Waals surface area contributed by atoms with Gasteiger partial charge in [0.05, 0.1) is 0 Å². The molecule has 0 amide bonds. The lowest BCUT2D eigenvalue weighted by molar-refractivity contribution is 0.457. The molecule has 72 valence electrons. The van der Waals surface area contributed by atoms with Crippen molar-refractivity contribution in [2.75, 3.05) is 0 Å². The fourth-order valence-corrected chi connectivity index (χ4v) is 2.63. The highest BCUT2D eigenvalue weighted by Crippen LogP contribution is 2.71. The van der Waals surface area contributed by atoms with Crippen molar-refractivity contribution in [1.29, 1.82) is 0 Å². The third-order valence-electron chi connectivity index (χ3n) is 3.90. The van der Waals surface area contributed by atoms with Crippen molar-refractivity contribution in [2.45, 2.75) is 33.7 Å². The van der Waals surface area contributed by atoms with E-state index >= 15 is 0 Å². The second-order valence-corrected chi connectivity index (χ2v) is 5.41. The van der Waals surface area contributed by atoms with Crippen molar-refractivity contribution in [1.82, 2.24) is 9.55 Å². The molecule has 13 heavy (non-hydrogen) atoms. The minimum Gasteiger partial charge on any atom is -0.337 e. The molecule has 0 atom stereocenters. The summed E-state index contributed by atoms with van der Waals surface area (Å²) in [5, 5.41) is 0. The fraction of sp³-hybridized carbons (Fsp3) is 0.700. The van der Waals surface area contributed by atoms with Crippen molar-refractivity contribution < 1.29 is 0 Å². The van der Waals surface area contributed by atoms with Crippen molar-refractivity contribution in [3.8, 4) is 0 Å². The maximum absolute atomic E-state index is 5.21. The molecule has 0 bridgehead atoms. The van der Waals surface area contributed by atoms with Crippen LogP contribution in [0.4, 0.5) is 0 Å². The van der Waals surface area contributed by atoms with Gasteiger partial charge in [-0.05, 0) is 23.0 Å². The van der Waals surface area contributed by atoms with E-state index in [2.05, 4.69) is 37.2 Å². The smallest absolute Gasteiger partial charge is 0.177 e. The third-order valence-corrected chi connectivity index (χ3v) is 4.23. The van der Waals surface area contributed by atoms with Gasteiger partial charge in [-0.3, -0.25) is 0 Å². The molecule has 2 nitrogen and oxygen atoms in total. The van der Waals surface area contributed by atoms with Gasteiger partial charge in [-0.15, -0.1) is 0 Å². The van der Waals surface area contributed by atoms with Crippen LogP contribution in [-0.2, 0) is 0 Å². The summed E-state index contributed by atoms with van der Waals surface area (Å²) in [4.78, 5) is 3.04. The molecule has 1 heterocycles. The minimum absolute atomic E-state index is 0.355. The van der Waals surface area contributed by atoms with Crippen LogP contribution in [0.2, 0.25) is 0 Å². The molecule has 1 aromatic rings. The predicted octanol–water partition coefficient (Wildman–Crippen LogP) is 3.15. The highest BCUT2D eigenvalue weighted by molar-refractivity contribution is 7.71. The molecular weight excluding hydrogens is 180 g/mol. The molecule has 0 spiro atoms. The summed E-state index contributed by atoms with van der Waals surface area (Å²) >= 11 is 5.21. The zero-order valence-electron chi connectivity index (χ0n) is 8.59. The zero-order chi connectivity index (χ0) is 9.85. The maximum Gasteiger partial charge on any atom is 0.177 e. The van der Waals surface area contributed by atoms with Crippen LogP contribution in [0.1, 0.15) is 33.7 Å². The first kappa shape index (κ1) is 9.00.